The lowest BCUT2D eigenvalue weighted by Gasteiger charge is -2.27. The molecule has 2 aromatic rings. The molecule has 7 heteroatoms. The predicted octanol–water partition coefficient (Wildman–Crippen LogP) is 4.59. The van der Waals surface area contributed by atoms with Crippen LogP contribution in [-0.4, -0.2) is 41.0 Å². The molecule has 1 N–H and O–H groups in total. The maximum atomic E-state index is 12.9. The number of ether oxygens (including phenoxy) is 1. The summed E-state index contributed by atoms with van der Waals surface area (Å²) in [6.45, 7) is 0.900. The van der Waals surface area contributed by atoms with Crippen LogP contribution in [0.25, 0.3) is 5.76 Å². The number of likely N-dealkylation sites (tertiary alicyclic amines) is 1. The number of halogens is 2. The van der Waals surface area contributed by atoms with Crippen molar-refractivity contribution in [2.24, 2.45) is 0 Å². The summed E-state index contributed by atoms with van der Waals surface area (Å²) in [6.07, 6.45) is 1.58. The predicted molar refractivity (Wildman–Crippen MR) is 111 cm³/mol. The molecule has 4 rings (SSSR count). The Labute approximate surface area is 178 Å². The van der Waals surface area contributed by atoms with Gasteiger partial charge in [-0.3, -0.25) is 9.59 Å². The Morgan fingerprint density at radius 3 is 2.52 bits per heavy atom. The lowest BCUT2D eigenvalue weighted by molar-refractivity contribution is -0.140. The number of aliphatic hydroxyl groups excluding tert-OH is 1. The van der Waals surface area contributed by atoms with Gasteiger partial charge >= 0.3 is 0 Å². The lowest BCUT2D eigenvalue weighted by atomic mass is 9.95. The van der Waals surface area contributed by atoms with Gasteiger partial charge in [-0.1, -0.05) is 59.6 Å². The minimum Gasteiger partial charge on any atom is -0.507 e. The Morgan fingerprint density at radius 1 is 1.10 bits per heavy atom. The van der Waals surface area contributed by atoms with E-state index < -0.39 is 17.7 Å². The number of nitrogens with zero attached hydrogens (tertiary/aromatic N) is 1. The quantitative estimate of drug-likeness (QED) is 0.436. The van der Waals surface area contributed by atoms with Crippen LogP contribution in [0, 0.1) is 0 Å². The van der Waals surface area contributed by atoms with Crippen molar-refractivity contribution in [1.29, 1.82) is 0 Å². The van der Waals surface area contributed by atoms with E-state index in [9.17, 15) is 14.7 Å². The van der Waals surface area contributed by atoms with Gasteiger partial charge in [0.2, 0.25) is 0 Å². The van der Waals surface area contributed by atoms with Gasteiger partial charge in [-0.2, -0.15) is 0 Å². The SMILES string of the molecule is O=C1C(=O)N(CC2CCCO2)C(c2ccc(Cl)c(Cl)c2)C1=C(O)c1ccccc1. The summed E-state index contributed by atoms with van der Waals surface area (Å²) in [7, 11) is 0. The molecule has 2 aliphatic rings. The molecule has 0 bridgehead atoms. The van der Waals surface area contributed by atoms with E-state index in [4.69, 9.17) is 27.9 Å². The Hall–Kier alpha value is -2.34. The Balaban J connectivity index is 1.84. The van der Waals surface area contributed by atoms with E-state index in [2.05, 4.69) is 0 Å². The fourth-order valence-corrected chi connectivity index (χ4v) is 4.16. The third-order valence-electron chi connectivity index (χ3n) is 5.27. The molecule has 150 valence electrons. The second kappa shape index (κ2) is 8.19. The number of hydrogen-bond donors (Lipinski definition) is 1. The van der Waals surface area contributed by atoms with Gasteiger partial charge in [-0.15, -0.1) is 0 Å². The van der Waals surface area contributed by atoms with Crippen LogP contribution in [0.15, 0.2) is 54.1 Å². The molecule has 0 aromatic heterocycles. The highest BCUT2D eigenvalue weighted by Crippen LogP contribution is 2.41. The first kappa shape index (κ1) is 20.0. The van der Waals surface area contributed by atoms with Gasteiger partial charge in [-0.25, -0.2) is 0 Å². The molecule has 0 radical (unpaired) electrons. The molecule has 0 aliphatic carbocycles. The zero-order valence-electron chi connectivity index (χ0n) is 15.5. The van der Waals surface area contributed by atoms with Gasteiger partial charge in [0, 0.05) is 18.7 Å². The van der Waals surface area contributed by atoms with Crippen molar-refractivity contribution in [2.45, 2.75) is 25.0 Å². The summed E-state index contributed by atoms with van der Waals surface area (Å²) in [4.78, 5) is 27.3. The minimum atomic E-state index is -0.769. The summed E-state index contributed by atoms with van der Waals surface area (Å²) in [6, 6.07) is 12.9. The van der Waals surface area contributed by atoms with E-state index in [-0.39, 0.29) is 24.0 Å². The van der Waals surface area contributed by atoms with Crippen molar-refractivity contribution in [3.8, 4) is 0 Å². The smallest absolute Gasteiger partial charge is 0.295 e. The summed E-state index contributed by atoms with van der Waals surface area (Å²) >= 11 is 12.3. The van der Waals surface area contributed by atoms with Gasteiger partial charge in [0.05, 0.1) is 27.8 Å². The molecule has 2 fully saturated rings. The number of carbonyl (C=O) groups is 2. The zero-order chi connectivity index (χ0) is 20.5. The molecule has 2 aromatic carbocycles. The van der Waals surface area contributed by atoms with Crippen molar-refractivity contribution < 1.29 is 19.4 Å². The number of amides is 1. The first-order chi connectivity index (χ1) is 14.0. The second-order valence-corrected chi connectivity index (χ2v) is 7.94. The van der Waals surface area contributed by atoms with E-state index in [1.807, 2.05) is 6.07 Å². The maximum absolute atomic E-state index is 12.9. The van der Waals surface area contributed by atoms with Gasteiger partial charge in [0.25, 0.3) is 11.7 Å². The summed E-state index contributed by atoms with van der Waals surface area (Å²) in [5.41, 5.74) is 1.11. The van der Waals surface area contributed by atoms with E-state index in [0.29, 0.717) is 27.8 Å². The van der Waals surface area contributed by atoms with Gasteiger partial charge in [-0.05, 0) is 30.5 Å². The number of carbonyl (C=O) groups excluding carboxylic acids is 2. The molecule has 2 saturated heterocycles. The van der Waals surface area contributed by atoms with E-state index in [1.165, 1.54) is 4.90 Å². The molecule has 0 saturated carbocycles. The van der Waals surface area contributed by atoms with Crippen LogP contribution < -0.4 is 0 Å². The zero-order valence-corrected chi connectivity index (χ0v) is 17.0. The highest BCUT2D eigenvalue weighted by Gasteiger charge is 2.47. The number of rotatable bonds is 4. The van der Waals surface area contributed by atoms with Crippen LogP contribution in [0.4, 0.5) is 0 Å². The Bertz CT molecular complexity index is 984. The average Bonchev–Trinajstić information content (AvgIpc) is 3.33. The molecule has 2 heterocycles. The van der Waals surface area contributed by atoms with Crippen molar-refractivity contribution in [3.05, 3.63) is 75.3 Å². The molecule has 5 nitrogen and oxygen atoms in total. The Kier molecular flexibility index (Phi) is 5.63. The summed E-state index contributed by atoms with van der Waals surface area (Å²) in [5.74, 6) is -1.59. The van der Waals surface area contributed by atoms with Crippen LogP contribution >= 0.6 is 23.2 Å². The van der Waals surface area contributed by atoms with Crippen molar-refractivity contribution >= 4 is 40.7 Å². The third kappa shape index (κ3) is 3.78. The number of hydrogen-bond acceptors (Lipinski definition) is 4. The Morgan fingerprint density at radius 2 is 1.86 bits per heavy atom. The molecule has 2 unspecified atom stereocenters. The topological polar surface area (TPSA) is 66.8 Å². The first-order valence-electron chi connectivity index (χ1n) is 9.37. The fraction of sp³-hybridized carbons (Fsp3) is 0.273. The van der Waals surface area contributed by atoms with Crippen molar-refractivity contribution in [3.63, 3.8) is 0 Å². The van der Waals surface area contributed by atoms with Crippen LogP contribution in [0.5, 0.6) is 0 Å². The molecule has 2 aliphatic heterocycles. The third-order valence-corrected chi connectivity index (χ3v) is 6.01. The molecule has 1 amide bonds. The van der Waals surface area contributed by atoms with Crippen molar-refractivity contribution in [2.75, 3.05) is 13.2 Å². The minimum absolute atomic E-state index is 0.0394. The average molecular weight is 432 g/mol. The fourth-order valence-electron chi connectivity index (χ4n) is 3.86. The van der Waals surface area contributed by atoms with Crippen molar-refractivity contribution in [1.82, 2.24) is 4.90 Å². The lowest BCUT2D eigenvalue weighted by Crippen LogP contribution is -2.36. The maximum Gasteiger partial charge on any atom is 0.295 e. The molecular formula is C22H19Cl2NO4. The number of aliphatic hydroxyl groups is 1. The molecular weight excluding hydrogens is 413 g/mol. The molecule has 2 atom stereocenters. The number of Topliss-reactive ketones (excluding diaryl/α,β-unsaturated/α-hetero) is 1. The summed E-state index contributed by atoms with van der Waals surface area (Å²) in [5, 5.41) is 11.6. The summed E-state index contributed by atoms with van der Waals surface area (Å²) < 4.78 is 5.67. The van der Waals surface area contributed by atoms with Crippen LogP contribution in [-0.2, 0) is 14.3 Å². The van der Waals surface area contributed by atoms with E-state index >= 15 is 0 Å². The molecule has 0 spiro atoms. The standard InChI is InChI=1S/C22H19Cl2NO4/c23-16-9-8-14(11-17(16)24)19-18(20(26)13-5-2-1-3-6-13)21(27)22(28)25(19)12-15-7-4-10-29-15/h1-3,5-6,8-9,11,15,19,26H,4,7,10,12H2. The number of ketones is 1. The molecule has 29 heavy (non-hydrogen) atoms. The second-order valence-electron chi connectivity index (χ2n) is 7.13. The van der Waals surface area contributed by atoms with Crippen LogP contribution in [0.3, 0.4) is 0 Å². The van der Waals surface area contributed by atoms with Gasteiger partial charge in [0.15, 0.2) is 0 Å². The number of benzene rings is 2. The largest absolute Gasteiger partial charge is 0.507 e. The van der Waals surface area contributed by atoms with Crippen LogP contribution in [0.2, 0.25) is 10.0 Å². The van der Waals surface area contributed by atoms with Crippen LogP contribution in [0.1, 0.15) is 30.0 Å². The van der Waals surface area contributed by atoms with Gasteiger partial charge < -0.3 is 14.7 Å². The van der Waals surface area contributed by atoms with E-state index in [0.717, 1.165) is 12.8 Å². The van der Waals surface area contributed by atoms with Gasteiger partial charge in [0.1, 0.15) is 5.76 Å². The highest BCUT2D eigenvalue weighted by molar-refractivity contribution is 6.46. The first-order valence-corrected chi connectivity index (χ1v) is 10.1. The normalized spacial score (nSPS) is 23.7. The monoisotopic (exact) mass is 431 g/mol. The van der Waals surface area contributed by atoms with E-state index in [1.54, 1.807) is 42.5 Å². The highest BCUT2D eigenvalue weighted by atomic mass is 35.5.